The highest BCUT2D eigenvalue weighted by atomic mass is 79.9. The third-order valence-corrected chi connectivity index (χ3v) is 7.89. The van der Waals surface area contributed by atoms with Crippen molar-refractivity contribution in [2.24, 2.45) is 0 Å². The Hall–Kier alpha value is -6.19. The van der Waals surface area contributed by atoms with Gasteiger partial charge in [-0.25, -0.2) is 0 Å². The van der Waals surface area contributed by atoms with E-state index in [1.54, 1.807) is 42.5 Å². The molecular weight excluding hydrogens is 696 g/mol. The molecule has 250 valence electrons. The molecule has 6 aromatic carbocycles. The molecule has 0 atom stereocenters. The number of benzene rings is 6. The van der Waals surface area contributed by atoms with Gasteiger partial charge in [-0.2, -0.15) is 0 Å². The summed E-state index contributed by atoms with van der Waals surface area (Å²) >= 11 is 3.45. The Balaban J connectivity index is 0.00000156. The molecule has 0 heterocycles. The molecule has 0 saturated carbocycles. The number of carbonyl (C=O) groups is 3. The average Bonchev–Trinajstić information content (AvgIpc) is 3.14. The average molecular weight is 730 g/mol. The van der Waals surface area contributed by atoms with Crippen LogP contribution < -0.4 is 20.1 Å². The van der Waals surface area contributed by atoms with Crippen LogP contribution >= 0.6 is 15.9 Å². The molecule has 0 aliphatic heterocycles. The molecule has 50 heavy (non-hydrogen) atoms. The normalized spacial score (nSPS) is 10.2. The Morgan fingerprint density at radius 2 is 1.24 bits per heavy atom. The summed E-state index contributed by atoms with van der Waals surface area (Å²) in [5.41, 5.74) is 4.34. The molecule has 0 saturated heterocycles. The van der Waals surface area contributed by atoms with Crippen LogP contribution in [0.25, 0.3) is 11.1 Å². The van der Waals surface area contributed by atoms with Gasteiger partial charge in [0.2, 0.25) is 0 Å². The third-order valence-electron chi connectivity index (χ3n) is 7.39. The van der Waals surface area contributed by atoms with E-state index in [-0.39, 0.29) is 18.3 Å². The van der Waals surface area contributed by atoms with E-state index in [0.29, 0.717) is 41.3 Å². The first kappa shape index (κ1) is 35.1. The molecule has 0 aromatic heterocycles. The summed E-state index contributed by atoms with van der Waals surface area (Å²) in [4.78, 5) is 34.7. The molecule has 3 N–H and O–H groups in total. The maximum Gasteiger partial charge on any atom is 0.290 e. The summed E-state index contributed by atoms with van der Waals surface area (Å²) < 4.78 is 12.7. The summed E-state index contributed by atoms with van der Waals surface area (Å²) in [6.45, 7) is 0.175. The molecule has 6 rings (SSSR count). The van der Waals surface area contributed by atoms with E-state index in [1.807, 2.05) is 84.9 Å². The van der Waals surface area contributed by atoms with Crippen molar-refractivity contribution in [3.8, 4) is 34.1 Å². The first-order valence-corrected chi connectivity index (χ1v) is 16.4. The number of hydrogen-bond donors (Lipinski definition) is 3. The zero-order valence-electron chi connectivity index (χ0n) is 26.8. The molecule has 0 unspecified atom stereocenters. The Labute approximate surface area is 298 Å². The van der Waals surface area contributed by atoms with Gasteiger partial charge in [0.05, 0.1) is 11.3 Å². The molecule has 0 bridgehead atoms. The standard InChI is InChI=1S/C40H31BrN2O4.CH2O2/c41-31-21-24-37(43-39(44)30-19-22-34(23-20-30)46-32-9-3-1-4-10-32)36(27-31)40(45)42-26-25-28-15-17-29(18-16-28)35-13-7-8-14-38(35)47-33-11-5-2-6-12-33;2-1-3/h1-24,27H,25-26H2,(H,42,45)(H,43,44);1H,(H,2,3). The van der Waals surface area contributed by atoms with E-state index in [9.17, 15) is 9.59 Å². The van der Waals surface area contributed by atoms with Crippen molar-refractivity contribution in [1.29, 1.82) is 0 Å². The van der Waals surface area contributed by atoms with Crippen molar-refractivity contribution in [3.05, 3.63) is 173 Å². The van der Waals surface area contributed by atoms with Gasteiger partial charge in [-0.1, -0.05) is 94.8 Å². The number of ether oxygens (including phenoxy) is 2. The van der Waals surface area contributed by atoms with Crippen molar-refractivity contribution in [2.45, 2.75) is 6.42 Å². The molecular formula is C41H33BrN2O6. The number of amides is 2. The number of hydrogen-bond acceptors (Lipinski definition) is 5. The molecule has 0 spiro atoms. The Kier molecular flexibility index (Phi) is 12.5. The predicted octanol–water partition coefficient (Wildman–Crippen LogP) is 9.63. The molecule has 0 aliphatic rings. The first-order chi connectivity index (χ1) is 24.4. The molecule has 9 heteroatoms. The van der Waals surface area contributed by atoms with Gasteiger partial charge < -0.3 is 25.2 Å². The van der Waals surface area contributed by atoms with Crippen molar-refractivity contribution >= 4 is 39.9 Å². The second kappa shape index (κ2) is 17.8. The van der Waals surface area contributed by atoms with E-state index in [4.69, 9.17) is 19.4 Å². The SMILES string of the molecule is O=C(Nc1ccc(Br)cc1C(=O)NCCc1ccc(-c2ccccc2Oc2ccccc2)cc1)c1ccc(Oc2ccccc2)cc1.O=CO. The van der Waals surface area contributed by atoms with Crippen LogP contribution in [0.1, 0.15) is 26.3 Å². The number of carboxylic acid groups (broad SMARTS) is 1. The fraction of sp³-hybridized carbons (Fsp3) is 0.0488. The van der Waals surface area contributed by atoms with Crippen LogP contribution in [0.3, 0.4) is 0 Å². The van der Waals surface area contributed by atoms with Gasteiger partial charge in [-0.3, -0.25) is 14.4 Å². The summed E-state index contributed by atoms with van der Waals surface area (Å²) in [6.07, 6.45) is 0.640. The summed E-state index contributed by atoms with van der Waals surface area (Å²) in [7, 11) is 0. The topological polar surface area (TPSA) is 114 Å². The lowest BCUT2D eigenvalue weighted by atomic mass is 10.0. The molecule has 0 radical (unpaired) electrons. The summed E-state index contributed by atoms with van der Waals surface area (Å²) in [6, 6.07) is 47.4. The lowest BCUT2D eigenvalue weighted by Gasteiger charge is -2.13. The summed E-state index contributed by atoms with van der Waals surface area (Å²) in [5.74, 6) is 2.28. The van der Waals surface area contributed by atoms with Crippen molar-refractivity contribution in [1.82, 2.24) is 5.32 Å². The Morgan fingerprint density at radius 1 is 0.660 bits per heavy atom. The van der Waals surface area contributed by atoms with Crippen LogP contribution in [0, 0.1) is 0 Å². The fourth-order valence-corrected chi connectivity index (χ4v) is 5.34. The van der Waals surface area contributed by atoms with E-state index in [2.05, 4.69) is 50.8 Å². The van der Waals surface area contributed by atoms with Gasteiger partial charge in [0, 0.05) is 22.1 Å². The van der Waals surface area contributed by atoms with Crippen LogP contribution in [0.5, 0.6) is 23.0 Å². The molecule has 2 amide bonds. The van der Waals surface area contributed by atoms with E-state index in [0.717, 1.165) is 32.7 Å². The minimum absolute atomic E-state index is 0.250. The highest BCUT2D eigenvalue weighted by molar-refractivity contribution is 9.10. The zero-order chi connectivity index (χ0) is 35.1. The van der Waals surface area contributed by atoms with Crippen LogP contribution in [0.2, 0.25) is 0 Å². The van der Waals surface area contributed by atoms with Crippen molar-refractivity contribution in [3.63, 3.8) is 0 Å². The number of para-hydroxylation sites is 3. The monoisotopic (exact) mass is 728 g/mol. The minimum Gasteiger partial charge on any atom is -0.483 e. The second-order valence-corrected chi connectivity index (χ2v) is 11.7. The van der Waals surface area contributed by atoms with E-state index < -0.39 is 0 Å². The maximum atomic E-state index is 13.3. The van der Waals surface area contributed by atoms with Gasteiger partial charge in [-0.15, -0.1) is 0 Å². The fourth-order valence-electron chi connectivity index (χ4n) is 4.98. The lowest BCUT2D eigenvalue weighted by molar-refractivity contribution is -0.122. The van der Waals surface area contributed by atoms with E-state index >= 15 is 0 Å². The smallest absolute Gasteiger partial charge is 0.290 e. The number of anilines is 1. The van der Waals surface area contributed by atoms with Crippen LogP contribution in [0.4, 0.5) is 5.69 Å². The zero-order valence-corrected chi connectivity index (χ0v) is 28.4. The quantitative estimate of drug-likeness (QED) is 0.115. The van der Waals surface area contributed by atoms with Gasteiger partial charge in [0.25, 0.3) is 18.3 Å². The van der Waals surface area contributed by atoms with Crippen LogP contribution in [0.15, 0.2) is 156 Å². The molecule has 6 aromatic rings. The maximum absolute atomic E-state index is 13.3. The molecule has 0 fully saturated rings. The highest BCUT2D eigenvalue weighted by Gasteiger charge is 2.16. The number of rotatable bonds is 11. The van der Waals surface area contributed by atoms with Crippen LogP contribution in [-0.4, -0.2) is 29.9 Å². The predicted molar refractivity (Wildman–Crippen MR) is 198 cm³/mol. The third kappa shape index (κ3) is 9.91. The molecule has 0 aliphatic carbocycles. The van der Waals surface area contributed by atoms with Crippen molar-refractivity contribution < 1.29 is 29.0 Å². The Bertz CT molecular complexity index is 2020. The van der Waals surface area contributed by atoms with Gasteiger partial charge in [0.1, 0.15) is 23.0 Å². The second-order valence-electron chi connectivity index (χ2n) is 10.8. The number of halogens is 1. The highest BCUT2D eigenvalue weighted by Crippen LogP contribution is 2.33. The first-order valence-electron chi connectivity index (χ1n) is 15.6. The number of carbonyl (C=O) groups excluding carboxylic acids is 2. The van der Waals surface area contributed by atoms with Crippen molar-refractivity contribution in [2.75, 3.05) is 11.9 Å². The number of nitrogens with one attached hydrogen (secondary N) is 2. The lowest BCUT2D eigenvalue weighted by Crippen LogP contribution is -2.27. The van der Waals surface area contributed by atoms with E-state index in [1.165, 1.54) is 0 Å². The molecule has 8 nitrogen and oxygen atoms in total. The largest absolute Gasteiger partial charge is 0.483 e. The summed E-state index contributed by atoms with van der Waals surface area (Å²) in [5, 5.41) is 12.8. The minimum atomic E-state index is -0.330. The van der Waals surface area contributed by atoms with Crippen LogP contribution in [-0.2, 0) is 11.2 Å². The van der Waals surface area contributed by atoms with Gasteiger partial charge in [0.15, 0.2) is 0 Å². The van der Waals surface area contributed by atoms with Gasteiger partial charge >= 0.3 is 0 Å². The van der Waals surface area contributed by atoms with Gasteiger partial charge in [-0.05, 0) is 90.3 Å². The Morgan fingerprint density at radius 3 is 1.90 bits per heavy atom.